The summed E-state index contributed by atoms with van der Waals surface area (Å²) in [7, 11) is 0. The van der Waals surface area contributed by atoms with Gasteiger partial charge in [-0.05, 0) is 103 Å². The molecule has 0 rings (SSSR count). The summed E-state index contributed by atoms with van der Waals surface area (Å²) in [4.78, 5) is 38.2. The minimum absolute atomic E-state index is 0.116. The van der Waals surface area contributed by atoms with Crippen molar-refractivity contribution in [3.63, 3.8) is 0 Å². The van der Waals surface area contributed by atoms with Crippen LogP contribution in [0.3, 0.4) is 0 Å². The lowest BCUT2D eigenvalue weighted by atomic mass is 10.0. The fourth-order valence-electron chi connectivity index (χ4n) is 8.08. The molecule has 76 heavy (non-hydrogen) atoms. The Morgan fingerprint density at radius 2 is 0.566 bits per heavy atom. The van der Waals surface area contributed by atoms with Crippen molar-refractivity contribution in [1.29, 1.82) is 0 Å². The summed E-state index contributed by atoms with van der Waals surface area (Å²) in [5, 5.41) is 0. The number of ether oxygens (including phenoxy) is 3. The van der Waals surface area contributed by atoms with Crippen molar-refractivity contribution in [1.82, 2.24) is 0 Å². The zero-order valence-electron chi connectivity index (χ0n) is 49.0. The Labute approximate surface area is 467 Å². The van der Waals surface area contributed by atoms with E-state index in [2.05, 4.69) is 154 Å². The summed E-state index contributed by atoms with van der Waals surface area (Å²) < 4.78 is 16.8. The molecule has 0 aromatic heterocycles. The fourth-order valence-corrected chi connectivity index (χ4v) is 8.08. The minimum atomic E-state index is -0.837. The van der Waals surface area contributed by atoms with E-state index >= 15 is 0 Å². The lowest BCUT2D eigenvalue weighted by Gasteiger charge is -2.18. The SMILES string of the molecule is CC/C=C\C/C=C\C/C=C\C/C=C\C/C=C\C/C=C\C/C=C\CCCCCC(=O)OCC(COC(=O)C/C=C\C/C=C\C/C=C\C/C=C\C/C=C\CC)OC(=O)CCCCCCCCCCCCCCCCCCCC. The van der Waals surface area contributed by atoms with Crippen molar-refractivity contribution in [2.45, 2.75) is 264 Å². The smallest absolute Gasteiger partial charge is 0.309 e. The summed E-state index contributed by atoms with van der Waals surface area (Å²) in [6, 6.07) is 0. The first-order valence-corrected chi connectivity index (χ1v) is 30.8. The average Bonchev–Trinajstić information content (AvgIpc) is 3.42. The standard InChI is InChI=1S/C70H112O6/c1-4-7-10-13-16-19-22-25-28-30-32-33-34-35-36-37-38-40-42-45-48-51-54-57-60-63-69(72)75-66-67(65-74-68(71)62-59-56-53-50-47-44-41-27-24-21-18-15-12-9-6-3)76-70(73)64-61-58-55-52-49-46-43-39-31-29-26-23-20-17-14-11-8-5-2/h7,9-10,12,16,18-19,21,25,27-28,32-33,35-36,38,40-41,45,47-48,50,56,59,67H,4-6,8,11,13-15,17,20,22-24,26,29-31,34,37,39,42-44,46,49,51-55,57-58,60-66H2,1-3H3/b10-7-,12-9-,19-16-,21-18-,28-25-,33-32-,36-35-,40-38-,41-27-,48-45-,50-47-,59-56-. The number of carbonyl (C=O) groups is 3. The monoisotopic (exact) mass is 1050 g/mol. The molecule has 0 heterocycles. The van der Waals surface area contributed by atoms with Crippen LogP contribution in [0.4, 0.5) is 0 Å². The molecule has 0 fully saturated rings. The number of carbonyl (C=O) groups excluding carboxylic acids is 3. The highest BCUT2D eigenvalue weighted by Gasteiger charge is 2.19. The number of hydrogen-bond donors (Lipinski definition) is 0. The Morgan fingerprint density at radius 1 is 0.289 bits per heavy atom. The van der Waals surface area contributed by atoms with Gasteiger partial charge >= 0.3 is 17.9 Å². The maximum atomic E-state index is 12.9. The predicted octanol–water partition coefficient (Wildman–Crippen LogP) is 21.2. The van der Waals surface area contributed by atoms with Crippen LogP contribution in [0, 0.1) is 0 Å². The van der Waals surface area contributed by atoms with Gasteiger partial charge in [0.25, 0.3) is 0 Å². The molecule has 0 radical (unpaired) electrons. The fraction of sp³-hybridized carbons (Fsp3) is 0.614. The number of rotatable bonds is 54. The Hall–Kier alpha value is -4.71. The summed E-state index contributed by atoms with van der Waals surface area (Å²) in [6.07, 6.45) is 90.2. The quantitative estimate of drug-likeness (QED) is 0.0261. The normalized spacial score (nSPS) is 13.1. The van der Waals surface area contributed by atoms with Crippen LogP contribution in [0.25, 0.3) is 0 Å². The number of esters is 3. The third kappa shape index (κ3) is 60.2. The number of hydrogen-bond acceptors (Lipinski definition) is 6. The summed E-state index contributed by atoms with van der Waals surface area (Å²) in [5.74, 6) is -1.09. The van der Waals surface area contributed by atoms with Gasteiger partial charge in [0.05, 0.1) is 6.42 Å². The van der Waals surface area contributed by atoms with E-state index in [1.165, 1.54) is 96.3 Å². The van der Waals surface area contributed by atoms with Crippen molar-refractivity contribution in [3.05, 3.63) is 146 Å². The molecule has 0 amide bonds. The lowest BCUT2D eigenvalue weighted by molar-refractivity contribution is -0.166. The van der Waals surface area contributed by atoms with Gasteiger partial charge in [0, 0.05) is 12.8 Å². The molecule has 428 valence electrons. The Morgan fingerprint density at radius 3 is 0.921 bits per heavy atom. The van der Waals surface area contributed by atoms with E-state index in [0.29, 0.717) is 12.8 Å². The van der Waals surface area contributed by atoms with Crippen molar-refractivity contribution in [2.24, 2.45) is 0 Å². The summed E-state index contributed by atoms with van der Waals surface area (Å²) in [6.45, 7) is 6.30. The van der Waals surface area contributed by atoms with Gasteiger partial charge in [0.1, 0.15) is 13.2 Å². The first-order chi connectivity index (χ1) is 37.5. The van der Waals surface area contributed by atoms with Gasteiger partial charge in [-0.1, -0.05) is 282 Å². The van der Waals surface area contributed by atoms with Gasteiger partial charge in [0.2, 0.25) is 0 Å². The molecule has 0 spiro atoms. The highest BCUT2D eigenvalue weighted by molar-refractivity contribution is 5.72. The molecule has 1 atom stereocenters. The maximum absolute atomic E-state index is 12.9. The molecule has 0 aliphatic rings. The van der Waals surface area contributed by atoms with Gasteiger partial charge in [-0.3, -0.25) is 14.4 Å². The van der Waals surface area contributed by atoms with Crippen LogP contribution in [-0.4, -0.2) is 37.2 Å². The Bertz CT molecular complexity index is 1680. The van der Waals surface area contributed by atoms with Gasteiger partial charge in [-0.25, -0.2) is 0 Å². The molecule has 0 saturated heterocycles. The molecule has 0 aromatic carbocycles. The lowest BCUT2D eigenvalue weighted by Crippen LogP contribution is -2.30. The maximum Gasteiger partial charge on any atom is 0.309 e. The second kappa shape index (κ2) is 62.8. The molecule has 1 unspecified atom stereocenters. The molecule has 0 aliphatic carbocycles. The largest absolute Gasteiger partial charge is 0.462 e. The van der Waals surface area contributed by atoms with E-state index in [9.17, 15) is 14.4 Å². The van der Waals surface area contributed by atoms with Crippen molar-refractivity contribution < 1.29 is 28.6 Å². The van der Waals surface area contributed by atoms with E-state index in [0.717, 1.165) is 122 Å². The molecule has 0 saturated carbocycles. The van der Waals surface area contributed by atoms with Crippen LogP contribution >= 0.6 is 0 Å². The van der Waals surface area contributed by atoms with Crippen LogP contribution in [0.15, 0.2) is 146 Å². The summed E-state index contributed by atoms with van der Waals surface area (Å²) >= 11 is 0. The van der Waals surface area contributed by atoms with E-state index in [4.69, 9.17) is 14.2 Å². The Balaban J connectivity index is 4.52. The van der Waals surface area contributed by atoms with Crippen LogP contribution < -0.4 is 0 Å². The van der Waals surface area contributed by atoms with Gasteiger partial charge in [-0.15, -0.1) is 0 Å². The van der Waals surface area contributed by atoms with Crippen molar-refractivity contribution in [3.8, 4) is 0 Å². The number of unbranched alkanes of at least 4 members (excludes halogenated alkanes) is 20. The highest BCUT2D eigenvalue weighted by Crippen LogP contribution is 2.16. The molecule has 0 N–H and O–H groups in total. The average molecular weight is 1050 g/mol. The predicted molar refractivity (Wildman–Crippen MR) is 329 cm³/mol. The zero-order chi connectivity index (χ0) is 55.0. The van der Waals surface area contributed by atoms with E-state index in [1.807, 2.05) is 6.08 Å². The molecule has 6 nitrogen and oxygen atoms in total. The molecule has 0 aromatic rings. The first-order valence-electron chi connectivity index (χ1n) is 30.8. The summed E-state index contributed by atoms with van der Waals surface area (Å²) in [5.41, 5.74) is 0. The third-order valence-corrected chi connectivity index (χ3v) is 12.6. The van der Waals surface area contributed by atoms with Gasteiger partial charge in [0.15, 0.2) is 6.10 Å². The van der Waals surface area contributed by atoms with Gasteiger partial charge < -0.3 is 14.2 Å². The highest BCUT2D eigenvalue weighted by atomic mass is 16.6. The van der Waals surface area contributed by atoms with Crippen LogP contribution in [0.1, 0.15) is 258 Å². The third-order valence-electron chi connectivity index (χ3n) is 12.6. The second-order valence-corrected chi connectivity index (χ2v) is 19.9. The second-order valence-electron chi connectivity index (χ2n) is 19.9. The van der Waals surface area contributed by atoms with Crippen molar-refractivity contribution >= 4 is 17.9 Å². The first kappa shape index (κ1) is 71.3. The molecule has 6 heteroatoms. The van der Waals surface area contributed by atoms with Crippen molar-refractivity contribution in [2.75, 3.05) is 13.2 Å². The van der Waals surface area contributed by atoms with E-state index in [-0.39, 0.29) is 31.6 Å². The topological polar surface area (TPSA) is 78.9 Å². The van der Waals surface area contributed by atoms with E-state index in [1.54, 1.807) is 6.08 Å². The van der Waals surface area contributed by atoms with Crippen LogP contribution in [-0.2, 0) is 28.6 Å². The number of allylic oxidation sites excluding steroid dienone is 23. The zero-order valence-corrected chi connectivity index (χ0v) is 49.0. The van der Waals surface area contributed by atoms with E-state index < -0.39 is 12.1 Å². The molecular weight excluding hydrogens is 937 g/mol. The van der Waals surface area contributed by atoms with Crippen LogP contribution in [0.2, 0.25) is 0 Å². The van der Waals surface area contributed by atoms with Crippen LogP contribution in [0.5, 0.6) is 0 Å². The van der Waals surface area contributed by atoms with Gasteiger partial charge in [-0.2, -0.15) is 0 Å². The Kier molecular flexibility index (Phi) is 58.9. The molecule has 0 bridgehead atoms. The molecular formula is C70H112O6. The molecule has 0 aliphatic heterocycles. The minimum Gasteiger partial charge on any atom is -0.462 e.